The Kier molecular flexibility index (Phi) is 6.18. The fraction of sp³-hybridized carbons (Fsp3) is 0.308. The molecule has 0 aliphatic rings. The lowest BCUT2D eigenvalue weighted by molar-refractivity contribution is -0.120. The first-order valence-electron chi connectivity index (χ1n) is 5.99. The van der Waals surface area contributed by atoms with Gasteiger partial charge in [-0.25, -0.2) is 4.79 Å². The highest BCUT2D eigenvalue weighted by Gasteiger charge is 2.03. The Balaban J connectivity index is 2.62. The molecule has 0 bridgehead atoms. The van der Waals surface area contributed by atoms with E-state index in [0.29, 0.717) is 12.1 Å². The number of methoxy groups -OCH3 is 1. The molecule has 0 aliphatic heterocycles. The van der Waals surface area contributed by atoms with Crippen molar-refractivity contribution >= 4 is 17.8 Å². The quantitative estimate of drug-likeness (QED) is 0.519. The second-order valence-electron chi connectivity index (χ2n) is 3.97. The van der Waals surface area contributed by atoms with E-state index in [4.69, 9.17) is 5.73 Å². The van der Waals surface area contributed by atoms with Gasteiger partial charge in [-0.15, -0.1) is 0 Å². The van der Waals surface area contributed by atoms with Gasteiger partial charge in [0.1, 0.15) is 5.84 Å². The van der Waals surface area contributed by atoms with Crippen molar-refractivity contribution in [1.29, 1.82) is 0 Å². The lowest BCUT2D eigenvalue weighted by atomic mass is 10.1. The van der Waals surface area contributed by atoms with E-state index in [0.717, 1.165) is 5.56 Å². The second kappa shape index (κ2) is 7.90. The lowest BCUT2D eigenvalue weighted by Gasteiger charge is -2.06. The van der Waals surface area contributed by atoms with Gasteiger partial charge in [-0.3, -0.25) is 4.79 Å². The number of benzene rings is 1. The highest BCUT2D eigenvalue weighted by molar-refractivity contribution is 6.02. The number of nitrogens with one attached hydrogen (secondary N) is 2. The lowest BCUT2D eigenvalue weighted by Crippen LogP contribution is -2.31. The van der Waals surface area contributed by atoms with E-state index in [9.17, 15) is 9.59 Å². The molecule has 0 radical (unpaired) electrons. The number of aliphatic imine (C=N–C) groups is 1. The molecule has 7 nitrogen and oxygen atoms in total. The number of hydrogen-bond donors (Lipinski definition) is 3. The number of amidine groups is 1. The number of carbonyl (C=O) groups is 2. The molecule has 0 atom stereocenters. The zero-order valence-corrected chi connectivity index (χ0v) is 11.5. The molecule has 1 aromatic carbocycles. The molecule has 0 aliphatic carbocycles. The average molecular weight is 278 g/mol. The Hall–Kier alpha value is -2.41. The first-order chi connectivity index (χ1) is 9.56. The number of carbonyl (C=O) groups excluding carboxylic acids is 2. The van der Waals surface area contributed by atoms with Gasteiger partial charge in [0.2, 0.25) is 5.91 Å². The maximum absolute atomic E-state index is 11.3. The summed E-state index contributed by atoms with van der Waals surface area (Å²) < 4.78 is 4.39. The Morgan fingerprint density at radius 2 is 1.95 bits per heavy atom. The number of rotatable bonds is 5. The largest absolute Gasteiger partial charge is 0.451 e. The van der Waals surface area contributed by atoms with Crippen LogP contribution >= 0.6 is 0 Å². The molecular weight excluding hydrogens is 260 g/mol. The number of nitrogens with zero attached hydrogens (tertiary/aromatic N) is 1. The minimum absolute atomic E-state index is 0.0802. The smallest absolute Gasteiger partial charge is 0.435 e. The number of likely N-dealkylation sites (N-methyl/N-ethyl adjacent to an activating group) is 1. The zero-order valence-electron chi connectivity index (χ0n) is 11.5. The fourth-order valence-corrected chi connectivity index (χ4v) is 1.43. The number of nitrogens with two attached hydrogens (primary N) is 1. The van der Waals surface area contributed by atoms with Crippen LogP contribution in [-0.4, -0.2) is 38.5 Å². The Bertz CT molecular complexity index is 497. The fourth-order valence-electron chi connectivity index (χ4n) is 1.43. The highest BCUT2D eigenvalue weighted by Crippen LogP contribution is 2.04. The van der Waals surface area contributed by atoms with Gasteiger partial charge in [0, 0.05) is 12.1 Å². The maximum Gasteiger partial charge on any atom is 0.435 e. The predicted octanol–water partition coefficient (Wildman–Crippen LogP) is -0.00610. The summed E-state index contributed by atoms with van der Waals surface area (Å²) >= 11 is 0. The van der Waals surface area contributed by atoms with Gasteiger partial charge in [-0.2, -0.15) is 4.99 Å². The molecule has 4 N–H and O–H groups in total. The van der Waals surface area contributed by atoms with Gasteiger partial charge in [0.15, 0.2) is 0 Å². The molecule has 7 heteroatoms. The standard InChI is InChI=1S/C13H18N4O3/c1-15-8-11(18)16-7-9-3-5-10(6-4-9)12(14)17-13(19)20-2/h3-6,15H,7-8H2,1-2H3,(H,16,18)(H2,14,17,19). The monoisotopic (exact) mass is 278 g/mol. The topological polar surface area (TPSA) is 106 Å². The van der Waals surface area contributed by atoms with Crippen LogP contribution in [0.2, 0.25) is 0 Å². The van der Waals surface area contributed by atoms with Crippen LogP contribution in [0.4, 0.5) is 4.79 Å². The van der Waals surface area contributed by atoms with Gasteiger partial charge in [-0.05, 0) is 12.6 Å². The summed E-state index contributed by atoms with van der Waals surface area (Å²) in [6, 6.07) is 7.05. The van der Waals surface area contributed by atoms with E-state index in [2.05, 4.69) is 20.4 Å². The predicted molar refractivity (Wildman–Crippen MR) is 75.3 cm³/mol. The first-order valence-corrected chi connectivity index (χ1v) is 5.99. The van der Waals surface area contributed by atoms with Crippen molar-refractivity contribution in [2.75, 3.05) is 20.7 Å². The summed E-state index contributed by atoms with van der Waals surface area (Å²) in [5.41, 5.74) is 7.19. The van der Waals surface area contributed by atoms with Crippen molar-refractivity contribution in [2.45, 2.75) is 6.54 Å². The van der Waals surface area contributed by atoms with E-state index in [1.807, 2.05) is 0 Å². The zero-order chi connectivity index (χ0) is 15.0. The van der Waals surface area contributed by atoms with Crippen LogP contribution in [0.3, 0.4) is 0 Å². The highest BCUT2D eigenvalue weighted by atomic mass is 16.5. The third kappa shape index (κ3) is 5.07. The van der Waals surface area contributed by atoms with Crippen molar-refractivity contribution in [3.05, 3.63) is 35.4 Å². The molecule has 0 aromatic heterocycles. The molecule has 20 heavy (non-hydrogen) atoms. The Morgan fingerprint density at radius 1 is 1.30 bits per heavy atom. The van der Waals surface area contributed by atoms with E-state index in [-0.39, 0.29) is 18.3 Å². The van der Waals surface area contributed by atoms with E-state index in [1.54, 1.807) is 31.3 Å². The van der Waals surface area contributed by atoms with Crippen molar-refractivity contribution in [1.82, 2.24) is 10.6 Å². The van der Waals surface area contributed by atoms with Crippen LogP contribution < -0.4 is 16.4 Å². The summed E-state index contributed by atoms with van der Waals surface area (Å²) in [4.78, 5) is 25.8. The Morgan fingerprint density at radius 3 is 2.50 bits per heavy atom. The molecule has 0 saturated carbocycles. The number of hydrogen-bond acceptors (Lipinski definition) is 4. The van der Waals surface area contributed by atoms with E-state index < -0.39 is 6.09 Å². The first kappa shape index (κ1) is 15.6. The molecule has 2 amide bonds. The molecule has 0 spiro atoms. The minimum Gasteiger partial charge on any atom is -0.451 e. The van der Waals surface area contributed by atoms with Crippen LogP contribution in [0.15, 0.2) is 29.3 Å². The van der Waals surface area contributed by atoms with E-state index >= 15 is 0 Å². The molecule has 1 aromatic rings. The van der Waals surface area contributed by atoms with Crippen LogP contribution in [0.5, 0.6) is 0 Å². The van der Waals surface area contributed by atoms with E-state index in [1.165, 1.54) is 7.11 Å². The van der Waals surface area contributed by atoms with Crippen molar-refractivity contribution < 1.29 is 14.3 Å². The molecular formula is C13H18N4O3. The molecule has 0 fully saturated rings. The Labute approximate surface area is 117 Å². The molecule has 0 saturated heterocycles. The SMILES string of the molecule is CNCC(=O)NCc1ccc(/C(N)=N/C(=O)OC)cc1. The van der Waals surface area contributed by atoms with Crippen LogP contribution in [0.1, 0.15) is 11.1 Å². The maximum atomic E-state index is 11.3. The van der Waals surface area contributed by atoms with Crippen LogP contribution in [0, 0.1) is 0 Å². The van der Waals surface area contributed by atoms with Crippen LogP contribution in [0.25, 0.3) is 0 Å². The minimum atomic E-state index is -0.745. The summed E-state index contributed by atoms with van der Waals surface area (Å²) in [7, 11) is 2.94. The summed E-state index contributed by atoms with van der Waals surface area (Å²) in [6.45, 7) is 0.700. The number of ether oxygens (including phenoxy) is 1. The molecule has 0 unspecified atom stereocenters. The van der Waals surface area contributed by atoms with Crippen molar-refractivity contribution in [3.63, 3.8) is 0 Å². The summed E-state index contributed by atoms with van der Waals surface area (Å²) in [6.07, 6.45) is -0.745. The third-order valence-corrected chi connectivity index (χ3v) is 2.46. The van der Waals surface area contributed by atoms with Crippen molar-refractivity contribution in [3.8, 4) is 0 Å². The van der Waals surface area contributed by atoms with Gasteiger partial charge in [0.25, 0.3) is 0 Å². The normalized spacial score (nSPS) is 11.0. The van der Waals surface area contributed by atoms with Gasteiger partial charge >= 0.3 is 6.09 Å². The van der Waals surface area contributed by atoms with Crippen molar-refractivity contribution in [2.24, 2.45) is 10.7 Å². The average Bonchev–Trinajstić information content (AvgIpc) is 2.45. The van der Waals surface area contributed by atoms with Gasteiger partial charge in [-0.1, -0.05) is 24.3 Å². The van der Waals surface area contributed by atoms with Gasteiger partial charge in [0.05, 0.1) is 13.7 Å². The summed E-state index contributed by atoms with van der Waals surface area (Å²) in [5.74, 6) is 0.00552. The second-order valence-corrected chi connectivity index (χ2v) is 3.97. The summed E-state index contributed by atoms with van der Waals surface area (Å²) in [5, 5.41) is 5.52. The molecule has 1 rings (SSSR count). The van der Waals surface area contributed by atoms with Gasteiger partial charge < -0.3 is 21.1 Å². The third-order valence-electron chi connectivity index (χ3n) is 2.46. The molecule has 0 heterocycles. The number of amides is 2. The van der Waals surface area contributed by atoms with Crippen LogP contribution in [-0.2, 0) is 16.1 Å². The molecule has 108 valence electrons.